The minimum atomic E-state index is -3.65. The summed E-state index contributed by atoms with van der Waals surface area (Å²) in [6.45, 7) is 7.04. The zero-order valence-corrected chi connectivity index (χ0v) is 24.7. The van der Waals surface area contributed by atoms with Crippen LogP contribution in [-0.2, 0) is 32.6 Å². The van der Waals surface area contributed by atoms with Gasteiger partial charge in [-0.3, -0.25) is 9.59 Å². The van der Waals surface area contributed by atoms with Gasteiger partial charge in [0.2, 0.25) is 21.8 Å². The quantitative estimate of drug-likeness (QED) is 0.305. The molecule has 0 radical (unpaired) electrons. The first-order valence-electron chi connectivity index (χ1n) is 13.8. The molecular formula is C32H41N3O4S. The molecule has 0 aromatic heterocycles. The molecule has 0 aliphatic carbocycles. The van der Waals surface area contributed by atoms with E-state index >= 15 is 0 Å². The SMILES string of the molecule is Cc1cccc(CN(C(=O)CCCN(C)S(=O)(=O)c2ccccc2)[C@H](Cc2ccccc2)C(=O)NCC(C)C)c1. The number of nitrogens with one attached hydrogen (secondary N) is 1. The molecule has 0 aliphatic rings. The van der Waals surface area contributed by atoms with Gasteiger partial charge in [-0.2, -0.15) is 0 Å². The van der Waals surface area contributed by atoms with Crippen LogP contribution < -0.4 is 5.32 Å². The van der Waals surface area contributed by atoms with Crippen LogP contribution in [0.1, 0.15) is 43.4 Å². The number of nitrogens with zero attached hydrogens (tertiary/aromatic N) is 2. The maximum absolute atomic E-state index is 13.8. The van der Waals surface area contributed by atoms with E-state index < -0.39 is 16.1 Å². The van der Waals surface area contributed by atoms with Crippen molar-refractivity contribution in [2.75, 3.05) is 20.1 Å². The molecule has 0 fully saturated rings. The normalized spacial score (nSPS) is 12.3. The van der Waals surface area contributed by atoms with E-state index in [2.05, 4.69) is 5.32 Å². The van der Waals surface area contributed by atoms with Crippen LogP contribution in [0.3, 0.4) is 0 Å². The van der Waals surface area contributed by atoms with E-state index in [1.165, 1.54) is 11.4 Å². The molecule has 0 saturated heterocycles. The van der Waals surface area contributed by atoms with Crippen LogP contribution in [0.15, 0.2) is 89.8 Å². The van der Waals surface area contributed by atoms with E-state index in [-0.39, 0.29) is 42.1 Å². The van der Waals surface area contributed by atoms with Crippen LogP contribution >= 0.6 is 0 Å². The van der Waals surface area contributed by atoms with Gasteiger partial charge >= 0.3 is 0 Å². The van der Waals surface area contributed by atoms with Crippen molar-refractivity contribution in [3.63, 3.8) is 0 Å². The van der Waals surface area contributed by atoms with Crippen molar-refractivity contribution in [1.82, 2.24) is 14.5 Å². The molecule has 0 bridgehead atoms. The van der Waals surface area contributed by atoms with Crippen molar-refractivity contribution < 1.29 is 18.0 Å². The van der Waals surface area contributed by atoms with E-state index in [0.717, 1.165) is 16.7 Å². The first-order valence-corrected chi connectivity index (χ1v) is 15.2. The zero-order valence-electron chi connectivity index (χ0n) is 23.9. The molecule has 7 nitrogen and oxygen atoms in total. The molecule has 3 aromatic rings. The number of hydrogen-bond donors (Lipinski definition) is 1. The van der Waals surface area contributed by atoms with Gasteiger partial charge in [0.15, 0.2) is 0 Å². The second kappa shape index (κ2) is 14.8. The predicted octanol–water partition coefficient (Wildman–Crippen LogP) is 4.81. The fourth-order valence-corrected chi connectivity index (χ4v) is 5.70. The lowest BCUT2D eigenvalue weighted by molar-refractivity contribution is -0.141. The Morgan fingerprint density at radius 3 is 2.12 bits per heavy atom. The standard InChI is InChI=1S/C32H41N3O4S/c1-25(2)23-33-32(37)30(22-27-14-7-5-8-15-27)35(24-28-16-11-13-26(3)21-28)31(36)19-12-20-34(4)40(38,39)29-17-9-6-10-18-29/h5-11,13-18,21,25,30H,12,19-20,22-24H2,1-4H3,(H,33,37)/t30-/m1/s1. The Balaban J connectivity index is 1.82. The van der Waals surface area contributed by atoms with Crippen molar-refractivity contribution in [3.05, 3.63) is 102 Å². The van der Waals surface area contributed by atoms with Crippen molar-refractivity contribution in [2.45, 2.75) is 57.5 Å². The molecule has 0 saturated carbocycles. The highest BCUT2D eigenvalue weighted by Crippen LogP contribution is 2.19. The third-order valence-electron chi connectivity index (χ3n) is 6.71. The third-order valence-corrected chi connectivity index (χ3v) is 8.58. The molecule has 2 amide bonds. The average molecular weight is 564 g/mol. The van der Waals surface area contributed by atoms with Crippen molar-refractivity contribution in [2.24, 2.45) is 5.92 Å². The largest absolute Gasteiger partial charge is 0.354 e. The first-order chi connectivity index (χ1) is 19.1. The van der Waals surface area contributed by atoms with Crippen LogP contribution in [0.5, 0.6) is 0 Å². The molecule has 0 spiro atoms. The van der Waals surface area contributed by atoms with Crippen LogP contribution in [0.25, 0.3) is 0 Å². The minimum absolute atomic E-state index is 0.114. The van der Waals surface area contributed by atoms with Gasteiger partial charge in [0.05, 0.1) is 4.90 Å². The molecule has 0 heterocycles. The fourth-order valence-electron chi connectivity index (χ4n) is 4.47. The smallest absolute Gasteiger partial charge is 0.243 e. The summed E-state index contributed by atoms with van der Waals surface area (Å²) in [5.41, 5.74) is 2.97. The van der Waals surface area contributed by atoms with E-state index in [4.69, 9.17) is 0 Å². The maximum atomic E-state index is 13.8. The fraction of sp³-hybridized carbons (Fsp3) is 0.375. The van der Waals surface area contributed by atoms with Gasteiger partial charge in [0, 0.05) is 39.5 Å². The van der Waals surface area contributed by atoms with Gasteiger partial charge < -0.3 is 10.2 Å². The lowest BCUT2D eigenvalue weighted by Crippen LogP contribution is -2.51. The first kappa shape index (κ1) is 31.0. The Morgan fingerprint density at radius 2 is 1.50 bits per heavy atom. The average Bonchev–Trinajstić information content (AvgIpc) is 2.94. The summed E-state index contributed by atoms with van der Waals surface area (Å²) in [4.78, 5) is 29.2. The number of amides is 2. The molecule has 1 atom stereocenters. The minimum Gasteiger partial charge on any atom is -0.354 e. The van der Waals surface area contributed by atoms with Crippen molar-refractivity contribution in [3.8, 4) is 0 Å². The van der Waals surface area contributed by atoms with Crippen molar-refractivity contribution in [1.29, 1.82) is 0 Å². The topological polar surface area (TPSA) is 86.8 Å². The molecule has 40 heavy (non-hydrogen) atoms. The summed E-state index contributed by atoms with van der Waals surface area (Å²) in [6, 6.07) is 25.2. The number of carbonyl (C=O) groups is 2. The van der Waals surface area contributed by atoms with Gasteiger partial charge in [-0.15, -0.1) is 0 Å². The summed E-state index contributed by atoms with van der Waals surface area (Å²) < 4.78 is 27.1. The Labute approximate surface area is 239 Å². The van der Waals surface area contributed by atoms with E-state index in [0.29, 0.717) is 19.4 Å². The van der Waals surface area contributed by atoms with E-state index in [1.807, 2.05) is 75.4 Å². The number of hydrogen-bond acceptors (Lipinski definition) is 4. The van der Waals surface area contributed by atoms with Crippen LogP contribution in [0, 0.1) is 12.8 Å². The summed E-state index contributed by atoms with van der Waals surface area (Å²) >= 11 is 0. The number of aryl methyl sites for hydroxylation is 1. The lowest BCUT2D eigenvalue weighted by Gasteiger charge is -2.32. The Morgan fingerprint density at radius 1 is 0.875 bits per heavy atom. The van der Waals surface area contributed by atoms with Crippen molar-refractivity contribution >= 4 is 21.8 Å². The number of benzene rings is 3. The van der Waals surface area contributed by atoms with Gasteiger partial charge in [-0.1, -0.05) is 92.2 Å². The van der Waals surface area contributed by atoms with Gasteiger partial charge in [0.25, 0.3) is 0 Å². The van der Waals surface area contributed by atoms with Crippen LogP contribution in [-0.4, -0.2) is 55.6 Å². The number of rotatable bonds is 14. The highest BCUT2D eigenvalue weighted by atomic mass is 32.2. The number of sulfonamides is 1. The predicted molar refractivity (Wildman–Crippen MR) is 159 cm³/mol. The molecule has 0 aliphatic heterocycles. The second-order valence-corrected chi connectivity index (χ2v) is 12.6. The third kappa shape index (κ3) is 9.03. The Bertz CT molecular complexity index is 1340. The second-order valence-electron chi connectivity index (χ2n) is 10.6. The Hall–Kier alpha value is -3.49. The van der Waals surface area contributed by atoms with Gasteiger partial charge in [0.1, 0.15) is 6.04 Å². The maximum Gasteiger partial charge on any atom is 0.243 e. The van der Waals surface area contributed by atoms with E-state index in [9.17, 15) is 18.0 Å². The highest BCUT2D eigenvalue weighted by Gasteiger charge is 2.30. The number of carbonyl (C=O) groups excluding carboxylic acids is 2. The van der Waals surface area contributed by atoms with Crippen LogP contribution in [0.2, 0.25) is 0 Å². The molecule has 1 N–H and O–H groups in total. The lowest BCUT2D eigenvalue weighted by atomic mass is 10.0. The van der Waals surface area contributed by atoms with Gasteiger partial charge in [-0.25, -0.2) is 12.7 Å². The zero-order chi connectivity index (χ0) is 29.1. The molecule has 0 unspecified atom stereocenters. The molecular weight excluding hydrogens is 522 g/mol. The summed E-state index contributed by atoms with van der Waals surface area (Å²) in [6.07, 6.45) is 0.825. The monoisotopic (exact) mass is 563 g/mol. The van der Waals surface area contributed by atoms with Gasteiger partial charge in [-0.05, 0) is 42.5 Å². The van der Waals surface area contributed by atoms with Crippen LogP contribution in [0.4, 0.5) is 0 Å². The van der Waals surface area contributed by atoms with E-state index in [1.54, 1.807) is 35.2 Å². The summed E-state index contributed by atoms with van der Waals surface area (Å²) in [7, 11) is -2.13. The highest BCUT2D eigenvalue weighted by molar-refractivity contribution is 7.89. The molecule has 3 aromatic carbocycles. The molecule has 3 rings (SSSR count). The molecule has 214 valence electrons. The Kier molecular flexibility index (Phi) is 11.5. The summed E-state index contributed by atoms with van der Waals surface area (Å²) in [5, 5.41) is 3.03. The molecule has 8 heteroatoms. The summed E-state index contributed by atoms with van der Waals surface area (Å²) in [5.74, 6) is -0.112.